The minimum Gasteiger partial charge on any atom is -0.326 e. The van der Waals surface area contributed by atoms with Crippen LogP contribution in [0.25, 0.3) is 0 Å². The van der Waals surface area contributed by atoms with Crippen molar-refractivity contribution in [1.82, 2.24) is 4.90 Å². The van der Waals surface area contributed by atoms with E-state index in [1.165, 1.54) is 11.9 Å². The number of amides is 1. The van der Waals surface area contributed by atoms with Crippen LogP contribution in [0.3, 0.4) is 0 Å². The third-order valence-corrected chi connectivity index (χ3v) is 2.34. The van der Waals surface area contributed by atoms with Gasteiger partial charge in [-0.2, -0.15) is 0 Å². The van der Waals surface area contributed by atoms with Crippen LogP contribution in [0.4, 0.5) is 14.5 Å². The Labute approximate surface area is 105 Å². The first-order valence-electron chi connectivity index (χ1n) is 5.57. The molecule has 0 radical (unpaired) electrons. The van der Waals surface area contributed by atoms with E-state index in [2.05, 4.69) is 5.32 Å². The minimum atomic E-state index is -2.44. The predicted octanol–water partition coefficient (Wildman–Crippen LogP) is 1.28. The zero-order chi connectivity index (χ0) is 13.5. The molecule has 0 aliphatic carbocycles. The molecule has 1 amide bonds. The number of alkyl halides is 2. The molecular weight excluding hydrogens is 240 g/mol. The second kappa shape index (κ2) is 7.03. The fraction of sp³-hybridized carbons (Fsp3) is 0.417. The second-order valence-corrected chi connectivity index (χ2v) is 4.04. The van der Waals surface area contributed by atoms with Crippen LogP contribution in [0.15, 0.2) is 24.3 Å². The van der Waals surface area contributed by atoms with Crippen LogP contribution >= 0.6 is 0 Å². The molecule has 100 valence electrons. The van der Waals surface area contributed by atoms with Crippen LogP contribution in [0.1, 0.15) is 5.56 Å². The zero-order valence-electron chi connectivity index (χ0n) is 10.2. The summed E-state index contributed by atoms with van der Waals surface area (Å²) in [7, 11) is 1.48. The Bertz CT molecular complexity index is 381. The standard InChI is InChI=1S/C12H17F2N3O/c1-17(7-11(13)14)8-12(18)16-10-4-2-9(6-15)3-5-10/h2-5,11H,6-8,15H2,1H3,(H,16,18). The van der Waals surface area contributed by atoms with E-state index in [-0.39, 0.29) is 12.5 Å². The summed E-state index contributed by atoms with van der Waals surface area (Å²) in [5.41, 5.74) is 7.04. The molecule has 0 fully saturated rings. The van der Waals surface area contributed by atoms with Crippen molar-refractivity contribution in [2.24, 2.45) is 5.73 Å². The number of hydrogen-bond acceptors (Lipinski definition) is 3. The number of carbonyl (C=O) groups is 1. The molecule has 1 aromatic rings. The van der Waals surface area contributed by atoms with Crippen LogP contribution in [0, 0.1) is 0 Å². The van der Waals surface area contributed by atoms with Gasteiger partial charge < -0.3 is 11.1 Å². The lowest BCUT2D eigenvalue weighted by Crippen LogP contribution is -2.33. The highest BCUT2D eigenvalue weighted by Gasteiger charge is 2.11. The van der Waals surface area contributed by atoms with E-state index < -0.39 is 13.0 Å². The summed E-state index contributed by atoms with van der Waals surface area (Å²) in [4.78, 5) is 12.8. The molecule has 0 aromatic heterocycles. The van der Waals surface area contributed by atoms with E-state index in [1.54, 1.807) is 24.3 Å². The smallest absolute Gasteiger partial charge is 0.251 e. The summed E-state index contributed by atoms with van der Waals surface area (Å²) >= 11 is 0. The predicted molar refractivity (Wildman–Crippen MR) is 66.5 cm³/mol. The summed E-state index contributed by atoms with van der Waals surface area (Å²) in [6, 6.07) is 7.07. The molecule has 6 heteroatoms. The summed E-state index contributed by atoms with van der Waals surface area (Å²) in [5, 5.41) is 2.63. The number of carbonyl (C=O) groups excluding carboxylic acids is 1. The molecule has 0 saturated carbocycles. The van der Waals surface area contributed by atoms with Gasteiger partial charge in [0.2, 0.25) is 5.91 Å². The molecule has 0 spiro atoms. The van der Waals surface area contributed by atoms with Crippen molar-refractivity contribution in [1.29, 1.82) is 0 Å². The highest BCUT2D eigenvalue weighted by atomic mass is 19.3. The molecular formula is C12H17F2N3O. The Morgan fingerprint density at radius 3 is 2.50 bits per heavy atom. The van der Waals surface area contributed by atoms with Gasteiger partial charge in [-0.1, -0.05) is 12.1 Å². The Hall–Kier alpha value is -1.53. The third kappa shape index (κ3) is 5.20. The van der Waals surface area contributed by atoms with Gasteiger partial charge in [0, 0.05) is 12.2 Å². The summed E-state index contributed by atoms with van der Waals surface area (Å²) in [6.45, 7) is -0.0478. The average Bonchev–Trinajstić information content (AvgIpc) is 2.28. The van der Waals surface area contributed by atoms with E-state index in [9.17, 15) is 13.6 Å². The Kier molecular flexibility index (Phi) is 5.67. The number of nitrogens with zero attached hydrogens (tertiary/aromatic N) is 1. The number of benzene rings is 1. The largest absolute Gasteiger partial charge is 0.326 e. The first kappa shape index (κ1) is 14.5. The number of hydrogen-bond donors (Lipinski definition) is 2. The average molecular weight is 257 g/mol. The molecule has 1 rings (SSSR count). The normalized spacial score (nSPS) is 11.0. The number of halogens is 2. The fourth-order valence-electron chi connectivity index (χ4n) is 1.47. The highest BCUT2D eigenvalue weighted by molar-refractivity contribution is 5.92. The van der Waals surface area contributed by atoms with Crippen molar-refractivity contribution in [3.05, 3.63) is 29.8 Å². The number of rotatable bonds is 6. The molecule has 0 aliphatic rings. The Morgan fingerprint density at radius 1 is 1.39 bits per heavy atom. The Balaban J connectivity index is 2.43. The van der Waals surface area contributed by atoms with Crippen molar-refractivity contribution in [2.45, 2.75) is 13.0 Å². The quantitative estimate of drug-likeness (QED) is 0.807. The van der Waals surface area contributed by atoms with Gasteiger partial charge in [-0.3, -0.25) is 9.69 Å². The van der Waals surface area contributed by atoms with Gasteiger partial charge in [0.05, 0.1) is 13.1 Å². The summed E-state index contributed by atoms with van der Waals surface area (Å²) in [5.74, 6) is -0.321. The second-order valence-electron chi connectivity index (χ2n) is 4.04. The van der Waals surface area contributed by atoms with Crippen LogP contribution < -0.4 is 11.1 Å². The first-order chi connectivity index (χ1) is 8.51. The van der Waals surface area contributed by atoms with E-state index in [4.69, 9.17) is 5.73 Å². The molecule has 0 heterocycles. The lowest BCUT2D eigenvalue weighted by molar-refractivity contribution is -0.117. The zero-order valence-corrected chi connectivity index (χ0v) is 10.2. The fourth-order valence-corrected chi connectivity index (χ4v) is 1.47. The van der Waals surface area contributed by atoms with E-state index in [0.717, 1.165) is 5.56 Å². The SMILES string of the molecule is CN(CC(=O)Nc1ccc(CN)cc1)CC(F)F. The van der Waals surface area contributed by atoms with Gasteiger partial charge >= 0.3 is 0 Å². The van der Waals surface area contributed by atoms with Gasteiger partial charge in [0.25, 0.3) is 6.43 Å². The first-order valence-corrected chi connectivity index (χ1v) is 5.57. The van der Waals surface area contributed by atoms with Gasteiger partial charge in [0.15, 0.2) is 0 Å². The molecule has 0 aliphatic heterocycles. The van der Waals surface area contributed by atoms with Crippen molar-refractivity contribution < 1.29 is 13.6 Å². The molecule has 4 nitrogen and oxygen atoms in total. The molecule has 0 saturated heterocycles. The maximum absolute atomic E-state index is 12.1. The lowest BCUT2D eigenvalue weighted by atomic mass is 10.2. The third-order valence-electron chi connectivity index (χ3n) is 2.34. The molecule has 3 N–H and O–H groups in total. The van der Waals surface area contributed by atoms with Crippen LogP contribution in [-0.2, 0) is 11.3 Å². The molecule has 0 atom stereocenters. The monoisotopic (exact) mass is 257 g/mol. The van der Waals surface area contributed by atoms with Gasteiger partial charge in [-0.05, 0) is 24.7 Å². The minimum absolute atomic E-state index is 0.0665. The van der Waals surface area contributed by atoms with Crippen LogP contribution in [0.5, 0.6) is 0 Å². The lowest BCUT2D eigenvalue weighted by Gasteiger charge is -2.15. The van der Waals surface area contributed by atoms with E-state index in [0.29, 0.717) is 12.2 Å². The van der Waals surface area contributed by atoms with Gasteiger partial charge in [0.1, 0.15) is 0 Å². The summed E-state index contributed by atoms with van der Waals surface area (Å²) < 4.78 is 24.1. The van der Waals surface area contributed by atoms with Gasteiger partial charge in [-0.25, -0.2) is 8.78 Å². The molecule has 1 aromatic carbocycles. The number of likely N-dealkylation sites (N-methyl/N-ethyl adjacent to an activating group) is 1. The highest BCUT2D eigenvalue weighted by Crippen LogP contribution is 2.09. The van der Waals surface area contributed by atoms with Crippen LogP contribution in [0.2, 0.25) is 0 Å². The Morgan fingerprint density at radius 2 is 2.00 bits per heavy atom. The molecule has 0 bridgehead atoms. The summed E-state index contributed by atoms with van der Waals surface area (Å²) in [6.07, 6.45) is -2.44. The topological polar surface area (TPSA) is 58.4 Å². The van der Waals surface area contributed by atoms with Crippen molar-refractivity contribution in [3.8, 4) is 0 Å². The van der Waals surface area contributed by atoms with E-state index >= 15 is 0 Å². The van der Waals surface area contributed by atoms with Crippen LogP contribution in [-0.4, -0.2) is 37.4 Å². The molecule has 18 heavy (non-hydrogen) atoms. The number of nitrogens with one attached hydrogen (secondary N) is 1. The van der Waals surface area contributed by atoms with Crippen molar-refractivity contribution in [3.63, 3.8) is 0 Å². The molecule has 0 unspecified atom stereocenters. The number of nitrogens with two attached hydrogens (primary N) is 1. The van der Waals surface area contributed by atoms with Crippen molar-refractivity contribution in [2.75, 3.05) is 25.5 Å². The van der Waals surface area contributed by atoms with E-state index in [1.807, 2.05) is 0 Å². The van der Waals surface area contributed by atoms with Gasteiger partial charge in [-0.15, -0.1) is 0 Å². The van der Waals surface area contributed by atoms with Crippen molar-refractivity contribution >= 4 is 11.6 Å². The maximum Gasteiger partial charge on any atom is 0.251 e. The number of anilines is 1. The maximum atomic E-state index is 12.1.